The highest BCUT2D eigenvalue weighted by Crippen LogP contribution is 2.43. The number of thioether (sulfide) groups is 1. The predicted molar refractivity (Wildman–Crippen MR) is 108 cm³/mol. The van der Waals surface area contributed by atoms with Gasteiger partial charge in [0, 0.05) is 44.0 Å². The summed E-state index contributed by atoms with van der Waals surface area (Å²) in [5.41, 5.74) is 0.747. The molecule has 1 atom stereocenters. The summed E-state index contributed by atoms with van der Waals surface area (Å²) < 4.78 is 5.57. The van der Waals surface area contributed by atoms with E-state index in [1.807, 2.05) is 0 Å². The molecule has 25 heavy (non-hydrogen) atoms. The van der Waals surface area contributed by atoms with Crippen LogP contribution in [0.15, 0.2) is 4.99 Å². The van der Waals surface area contributed by atoms with Crippen LogP contribution in [-0.2, 0) is 4.74 Å². The Labute approximate surface area is 157 Å². The van der Waals surface area contributed by atoms with Crippen LogP contribution in [0.5, 0.6) is 0 Å². The molecule has 0 aromatic heterocycles. The number of morpholine rings is 1. The molecule has 3 aliphatic rings. The molecule has 0 amide bonds. The van der Waals surface area contributed by atoms with Crippen LogP contribution in [0.3, 0.4) is 0 Å². The summed E-state index contributed by atoms with van der Waals surface area (Å²) in [5.74, 6) is 3.50. The van der Waals surface area contributed by atoms with E-state index in [9.17, 15) is 0 Å². The molecule has 5 nitrogen and oxygen atoms in total. The van der Waals surface area contributed by atoms with Crippen LogP contribution in [0.4, 0.5) is 0 Å². The second-order valence-electron chi connectivity index (χ2n) is 7.88. The molecule has 6 heteroatoms. The Morgan fingerprint density at radius 2 is 1.96 bits per heavy atom. The van der Waals surface area contributed by atoms with E-state index in [4.69, 9.17) is 9.73 Å². The van der Waals surface area contributed by atoms with Crippen LogP contribution in [0.2, 0.25) is 0 Å². The molecule has 3 rings (SSSR count). The van der Waals surface area contributed by atoms with Crippen molar-refractivity contribution in [3.63, 3.8) is 0 Å². The van der Waals surface area contributed by atoms with Gasteiger partial charge in [-0.05, 0) is 43.8 Å². The van der Waals surface area contributed by atoms with E-state index < -0.39 is 0 Å². The van der Waals surface area contributed by atoms with Gasteiger partial charge in [-0.15, -0.1) is 0 Å². The fraction of sp³-hybridized carbons (Fsp3) is 0.947. The molecular formula is C19H36N4OS. The molecule has 0 aromatic rings. The zero-order valence-electron chi connectivity index (χ0n) is 16.1. The van der Waals surface area contributed by atoms with Gasteiger partial charge in [0.15, 0.2) is 5.96 Å². The lowest BCUT2D eigenvalue weighted by Crippen LogP contribution is -2.60. The lowest BCUT2D eigenvalue weighted by Gasteiger charge is -2.43. The van der Waals surface area contributed by atoms with Crippen LogP contribution in [0.25, 0.3) is 0 Å². The Morgan fingerprint density at radius 1 is 1.16 bits per heavy atom. The summed E-state index contributed by atoms with van der Waals surface area (Å²) in [6.07, 6.45) is 6.60. The fourth-order valence-electron chi connectivity index (χ4n) is 4.27. The van der Waals surface area contributed by atoms with Crippen LogP contribution >= 0.6 is 11.8 Å². The number of rotatable bonds is 7. The van der Waals surface area contributed by atoms with E-state index in [0.29, 0.717) is 5.41 Å². The molecule has 2 saturated heterocycles. The summed E-state index contributed by atoms with van der Waals surface area (Å²) >= 11 is 2.09. The summed E-state index contributed by atoms with van der Waals surface area (Å²) in [6.45, 7) is 11.2. The van der Waals surface area contributed by atoms with Gasteiger partial charge in [-0.2, -0.15) is 11.8 Å². The molecular weight excluding hydrogens is 332 g/mol. The van der Waals surface area contributed by atoms with E-state index >= 15 is 0 Å². The highest BCUT2D eigenvalue weighted by molar-refractivity contribution is 7.99. The largest absolute Gasteiger partial charge is 0.379 e. The maximum atomic E-state index is 5.57. The third-order valence-corrected chi connectivity index (χ3v) is 7.66. The highest BCUT2D eigenvalue weighted by Gasteiger charge is 2.41. The first kappa shape index (κ1) is 19.3. The van der Waals surface area contributed by atoms with Gasteiger partial charge in [-0.1, -0.05) is 13.3 Å². The summed E-state index contributed by atoms with van der Waals surface area (Å²) in [5, 5.41) is 7.15. The van der Waals surface area contributed by atoms with E-state index in [1.54, 1.807) is 0 Å². The third-order valence-electron chi connectivity index (χ3n) is 6.43. The number of nitrogens with one attached hydrogen (secondary N) is 2. The number of guanidine groups is 1. The second kappa shape index (κ2) is 8.96. The summed E-state index contributed by atoms with van der Waals surface area (Å²) in [6, 6.07) is 0. The van der Waals surface area contributed by atoms with Gasteiger partial charge in [0.05, 0.1) is 13.2 Å². The molecule has 1 unspecified atom stereocenters. The molecule has 0 radical (unpaired) electrons. The van der Waals surface area contributed by atoms with Crippen molar-refractivity contribution >= 4 is 17.7 Å². The van der Waals surface area contributed by atoms with Crippen molar-refractivity contribution in [2.24, 2.45) is 10.4 Å². The quantitative estimate of drug-likeness (QED) is 0.533. The van der Waals surface area contributed by atoms with Crippen LogP contribution < -0.4 is 10.6 Å². The van der Waals surface area contributed by atoms with Crippen molar-refractivity contribution < 1.29 is 4.74 Å². The number of nitrogens with zero attached hydrogens (tertiary/aromatic N) is 2. The molecule has 0 bridgehead atoms. The van der Waals surface area contributed by atoms with Crippen molar-refractivity contribution in [2.75, 3.05) is 57.4 Å². The van der Waals surface area contributed by atoms with Gasteiger partial charge in [0.1, 0.15) is 0 Å². The minimum atomic E-state index is 0.267. The number of ether oxygens (including phenoxy) is 1. The number of hydrogen-bond acceptors (Lipinski definition) is 4. The molecule has 0 aromatic carbocycles. The minimum Gasteiger partial charge on any atom is -0.379 e. The molecule has 0 spiro atoms. The summed E-state index contributed by atoms with van der Waals surface area (Å²) in [7, 11) is 0. The zero-order valence-corrected chi connectivity index (χ0v) is 16.9. The molecule has 144 valence electrons. The standard InChI is InChI=1S/C19H36N4OS/c1-3-18(6-5-7-18)14-21-17(20-4-2)22-15-19(8-13-25-16-19)23-9-11-24-12-10-23/h3-16H2,1-2H3,(H2,20,21,22). The van der Waals surface area contributed by atoms with Crippen molar-refractivity contribution in [3.8, 4) is 0 Å². The Bertz CT molecular complexity index is 435. The smallest absolute Gasteiger partial charge is 0.191 e. The molecule has 3 fully saturated rings. The van der Waals surface area contributed by atoms with E-state index in [2.05, 4.69) is 41.1 Å². The number of hydrogen-bond donors (Lipinski definition) is 2. The van der Waals surface area contributed by atoms with Gasteiger partial charge >= 0.3 is 0 Å². The van der Waals surface area contributed by atoms with Crippen molar-refractivity contribution in [1.82, 2.24) is 15.5 Å². The van der Waals surface area contributed by atoms with Crippen LogP contribution in [0, 0.1) is 5.41 Å². The van der Waals surface area contributed by atoms with Gasteiger partial charge in [-0.25, -0.2) is 0 Å². The van der Waals surface area contributed by atoms with Crippen molar-refractivity contribution in [3.05, 3.63) is 0 Å². The first-order chi connectivity index (χ1) is 12.2. The Hall–Kier alpha value is -0.460. The van der Waals surface area contributed by atoms with E-state index in [1.165, 1.54) is 43.6 Å². The average Bonchev–Trinajstić information content (AvgIpc) is 3.10. The minimum absolute atomic E-state index is 0.267. The first-order valence-corrected chi connectivity index (χ1v) is 11.3. The molecule has 1 saturated carbocycles. The van der Waals surface area contributed by atoms with E-state index in [-0.39, 0.29) is 5.54 Å². The highest BCUT2D eigenvalue weighted by atomic mass is 32.2. The normalized spacial score (nSPS) is 30.1. The first-order valence-electron chi connectivity index (χ1n) is 10.1. The Balaban J connectivity index is 1.60. The average molecular weight is 369 g/mol. The molecule has 1 aliphatic carbocycles. The van der Waals surface area contributed by atoms with Gasteiger partial charge in [0.2, 0.25) is 0 Å². The third kappa shape index (κ3) is 4.64. The predicted octanol–water partition coefficient (Wildman–Crippen LogP) is 2.33. The lowest BCUT2D eigenvalue weighted by molar-refractivity contribution is -0.0120. The van der Waals surface area contributed by atoms with Gasteiger partial charge < -0.3 is 15.4 Å². The van der Waals surface area contributed by atoms with Gasteiger partial charge in [-0.3, -0.25) is 9.89 Å². The van der Waals surface area contributed by atoms with Gasteiger partial charge in [0.25, 0.3) is 0 Å². The van der Waals surface area contributed by atoms with E-state index in [0.717, 1.165) is 51.9 Å². The maximum absolute atomic E-state index is 5.57. The second-order valence-corrected chi connectivity index (χ2v) is 8.99. The van der Waals surface area contributed by atoms with Crippen molar-refractivity contribution in [1.29, 1.82) is 0 Å². The molecule has 2 N–H and O–H groups in total. The van der Waals surface area contributed by atoms with Crippen molar-refractivity contribution in [2.45, 2.75) is 51.5 Å². The SMILES string of the molecule is CCNC(=NCC1(CC)CCC1)NCC1(N2CCOCC2)CCSC1. The van der Waals surface area contributed by atoms with Crippen LogP contribution in [-0.4, -0.2) is 73.8 Å². The Morgan fingerprint density at radius 3 is 2.52 bits per heavy atom. The molecule has 2 heterocycles. The number of aliphatic imine (C=N–C) groups is 1. The topological polar surface area (TPSA) is 48.9 Å². The fourth-order valence-corrected chi connectivity index (χ4v) is 5.75. The summed E-state index contributed by atoms with van der Waals surface area (Å²) in [4.78, 5) is 7.62. The molecule has 2 aliphatic heterocycles. The lowest BCUT2D eigenvalue weighted by atomic mass is 9.67. The van der Waals surface area contributed by atoms with Crippen LogP contribution in [0.1, 0.15) is 46.0 Å². The monoisotopic (exact) mass is 368 g/mol. The zero-order chi connectivity index (χ0) is 17.6. The maximum Gasteiger partial charge on any atom is 0.191 e. The Kier molecular flexibility index (Phi) is 6.92.